The Balaban J connectivity index is 1.39. The largest absolute Gasteiger partial charge is 0.325 e. The van der Waals surface area contributed by atoms with Gasteiger partial charge in [0.25, 0.3) is 5.91 Å². The predicted molar refractivity (Wildman–Crippen MR) is 156 cm³/mol. The summed E-state index contributed by atoms with van der Waals surface area (Å²) in [7, 11) is 0. The van der Waals surface area contributed by atoms with E-state index in [0.29, 0.717) is 19.4 Å². The highest BCUT2D eigenvalue weighted by atomic mass is 16.2. The highest BCUT2D eigenvalue weighted by molar-refractivity contribution is 6.00. The number of nitriles is 1. The molecule has 2 amide bonds. The molecule has 42 heavy (non-hydrogen) atoms. The van der Waals surface area contributed by atoms with Gasteiger partial charge >= 0.3 is 0 Å². The van der Waals surface area contributed by atoms with Crippen molar-refractivity contribution in [2.24, 2.45) is 5.92 Å². The molecule has 9 nitrogen and oxygen atoms in total. The predicted octanol–water partition coefficient (Wildman–Crippen LogP) is 4.04. The van der Waals surface area contributed by atoms with Crippen molar-refractivity contribution in [1.29, 1.82) is 5.26 Å². The Labute approximate surface area is 246 Å². The van der Waals surface area contributed by atoms with Crippen LogP contribution in [0.5, 0.6) is 0 Å². The number of rotatable bonds is 4. The Bertz CT molecular complexity index is 1560. The number of nitrogens with zero attached hydrogens (tertiary/aromatic N) is 6. The highest BCUT2D eigenvalue weighted by Gasteiger charge is 2.56. The number of para-hydroxylation sites is 1. The van der Waals surface area contributed by atoms with Gasteiger partial charge in [0.05, 0.1) is 23.4 Å². The van der Waals surface area contributed by atoms with Gasteiger partial charge in [0.15, 0.2) is 5.69 Å². The van der Waals surface area contributed by atoms with Crippen molar-refractivity contribution in [2.75, 3.05) is 13.1 Å². The van der Waals surface area contributed by atoms with E-state index in [0.717, 1.165) is 42.5 Å². The Morgan fingerprint density at radius 3 is 2.69 bits per heavy atom. The molecule has 1 spiro atoms. The molecule has 3 aromatic rings. The Morgan fingerprint density at radius 2 is 1.93 bits per heavy atom. The number of aryl methyl sites for hydroxylation is 1. The number of hydrogen-bond acceptors (Lipinski definition) is 6. The molecule has 2 aliphatic heterocycles. The molecule has 4 bridgehead atoms. The van der Waals surface area contributed by atoms with Gasteiger partial charge in [-0.25, -0.2) is 4.68 Å². The monoisotopic (exact) mass is 564 g/mol. The van der Waals surface area contributed by atoms with E-state index in [-0.39, 0.29) is 42.2 Å². The van der Waals surface area contributed by atoms with Crippen molar-refractivity contribution in [3.05, 3.63) is 77.1 Å². The van der Waals surface area contributed by atoms with Crippen molar-refractivity contribution in [1.82, 2.24) is 24.8 Å². The van der Waals surface area contributed by atoms with Crippen LogP contribution < -0.4 is 0 Å². The number of ketones is 1. The summed E-state index contributed by atoms with van der Waals surface area (Å²) in [6.45, 7) is 4.61. The summed E-state index contributed by atoms with van der Waals surface area (Å²) in [5, 5.41) is 18.6. The molecule has 216 valence electrons. The molecule has 3 aliphatic rings. The quantitative estimate of drug-likeness (QED) is 0.473. The fraction of sp³-hybridized carbons (Fsp3) is 0.455. The third-order valence-electron chi connectivity index (χ3n) is 9.08. The molecule has 0 radical (unpaired) electrons. The lowest BCUT2D eigenvalue weighted by molar-refractivity contribution is -0.137. The summed E-state index contributed by atoms with van der Waals surface area (Å²) >= 11 is 0. The molecule has 1 fully saturated rings. The van der Waals surface area contributed by atoms with E-state index < -0.39 is 17.5 Å². The molecule has 2 aromatic carbocycles. The topological polar surface area (TPSA) is 112 Å². The van der Waals surface area contributed by atoms with Crippen molar-refractivity contribution < 1.29 is 14.4 Å². The van der Waals surface area contributed by atoms with Gasteiger partial charge in [-0.3, -0.25) is 14.4 Å². The molecule has 3 atom stereocenters. The minimum atomic E-state index is -0.874. The number of fused-ring (bicyclic) bond motifs is 2. The van der Waals surface area contributed by atoms with Gasteiger partial charge in [0.2, 0.25) is 5.91 Å². The van der Waals surface area contributed by atoms with Gasteiger partial charge in [-0.2, -0.15) is 5.26 Å². The number of hydrogen-bond donors (Lipinski definition) is 0. The molecule has 0 unspecified atom stereocenters. The first kappa shape index (κ1) is 27.8. The summed E-state index contributed by atoms with van der Waals surface area (Å²) in [5.41, 5.74) is 3.22. The summed E-state index contributed by atoms with van der Waals surface area (Å²) < 4.78 is 1.56. The minimum Gasteiger partial charge on any atom is -0.325 e. The van der Waals surface area contributed by atoms with Gasteiger partial charge in [-0.05, 0) is 66.8 Å². The first-order valence-electron chi connectivity index (χ1n) is 14.9. The van der Waals surface area contributed by atoms with Crippen LogP contribution in [0.25, 0.3) is 5.69 Å². The second-order valence-corrected chi connectivity index (χ2v) is 12.3. The Hall–Kier alpha value is -4.32. The maximum Gasteiger partial charge on any atom is 0.276 e. The van der Waals surface area contributed by atoms with Crippen molar-refractivity contribution >= 4 is 17.6 Å². The van der Waals surface area contributed by atoms with Gasteiger partial charge in [0, 0.05) is 19.5 Å². The first-order valence-corrected chi connectivity index (χ1v) is 14.9. The van der Waals surface area contributed by atoms with E-state index in [1.807, 2.05) is 44.2 Å². The van der Waals surface area contributed by atoms with Crippen LogP contribution in [0.1, 0.15) is 73.1 Å². The maximum absolute atomic E-state index is 14.5. The van der Waals surface area contributed by atoms with Crippen LogP contribution in [0.2, 0.25) is 0 Å². The average molecular weight is 565 g/mol. The molecule has 0 saturated carbocycles. The van der Waals surface area contributed by atoms with Gasteiger partial charge < -0.3 is 9.80 Å². The fourth-order valence-electron chi connectivity index (χ4n) is 6.92. The normalized spacial score (nSPS) is 24.1. The lowest BCUT2D eigenvalue weighted by atomic mass is 9.78. The number of carbonyl (C=O) groups excluding carboxylic acids is 3. The second-order valence-electron chi connectivity index (χ2n) is 12.3. The summed E-state index contributed by atoms with van der Waals surface area (Å²) in [4.78, 5) is 45.4. The van der Waals surface area contributed by atoms with Crippen LogP contribution in [0.15, 0.2) is 54.7 Å². The fourth-order valence-corrected chi connectivity index (χ4v) is 6.92. The molecular formula is C33H36N6O3. The molecule has 1 aromatic heterocycles. The van der Waals surface area contributed by atoms with Crippen LogP contribution in [0, 0.1) is 17.2 Å². The van der Waals surface area contributed by atoms with E-state index in [2.05, 4.69) is 34.6 Å². The summed E-state index contributed by atoms with van der Waals surface area (Å²) in [6, 6.07) is 16.5. The Kier molecular flexibility index (Phi) is 7.40. The van der Waals surface area contributed by atoms with E-state index in [4.69, 9.17) is 0 Å². The summed E-state index contributed by atoms with van der Waals surface area (Å²) in [6.07, 6.45) is 6.08. The second kappa shape index (κ2) is 11.2. The number of aromatic nitrogens is 3. The molecular weight excluding hydrogens is 528 g/mol. The van der Waals surface area contributed by atoms with Crippen molar-refractivity contribution in [3.8, 4) is 11.8 Å². The van der Waals surface area contributed by atoms with Crippen LogP contribution >= 0.6 is 0 Å². The number of carbonyl (C=O) groups is 3. The van der Waals surface area contributed by atoms with E-state index in [1.165, 1.54) is 5.56 Å². The third-order valence-corrected chi connectivity index (χ3v) is 9.08. The minimum absolute atomic E-state index is 0.0724. The Morgan fingerprint density at radius 1 is 1.12 bits per heavy atom. The zero-order chi connectivity index (χ0) is 29.4. The molecule has 0 N–H and O–H groups in total. The van der Waals surface area contributed by atoms with E-state index in [1.54, 1.807) is 20.7 Å². The van der Waals surface area contributed by atoms with E-state index in [9.17, 15) is 19.6 Å². The third kappa shape index (κ3) is 4.89. The molecule has 1 saturated heterocycles. The van der Waals surface area contributed by atoms with Crippen molar-refractivity contribution in [3.63, 3.8) is 0 Å². The van der Waals surface area contributed by atoms with Crippen LogP contribution in [-0.2, 0) is 27.8 Å². The zero-order valence-corrected chi connectivity index (χ0v) is 24.2. The molecule has 9 heteroatoms. The standard InChI is InChI=1S/C33H36N6O3/c1-22(2)15-29-32(42)38-21-33(18-26(38)19-34)27-16-23(12-13-24(27)17-30(33)40)9-5-4-8-14-37(29)31(41)28-20-39(36-35-28)25-10-6-3-7-11-25/h3,6-7,10-13,16,20,22,26,29H,4-5,8-9,14-15,17-18,21H2,1-2H3/t26-,29-,33-/m0/s1. The number of benzene rings is 2. The summed E-state index contributed by atoms with van der Waals surface area (Å²) in [5.74, 6) is -0.440. The lowest BCUT2D eigenvalue weighted by Crippen LogP contribution is -2.53. The number of amides is 2. The zero-order valence-electron chi connectivity index (χ0n) is 24.2. The average Bonchev–Trinajstić information content (AvgIpc) is 3.70. The van der Waals surface area contributed by atoms with Gasteiger partial charge in [0.1, 0.15) is 17.9 Å². The molecule has 3 heterocycles. The molecule has 1 aliphatic carbocycles. The lowest BCUT2D eigenvalue weighted by Gasteiger charge is -2.35. The highest BCUT2D eigenvalue weighted by Crippen LogP contribution is 2.46. The smallest absolute Gasteiger partial charge is 0.276 e. The van der Waals surface area contributed by atoms with Crippen LogP contribution in [0.4, 0.5) is 0 Å². The maximum atomic E-state index is 14.5. The molecule has 6 rings (SSSR count). The van der Waals surface area contributed by atoms with Crippen LogP contribution in [-0.4, -0.2) is 67.6 Å². The first-order chi connectivity index (χ1) is 20.3. The van der Waals surface area contributed by atoms with Gasteiger partial charge in [-0.15, -0.1) is 5.10 Å². The van der Waals surface area contributed by atoms with Gasteiger partial charge in [-0.1, -0.05) is 61.9 Å². The van der Waals surface area contributed by atoms with E-state index >= 15 is 0 Å². The SMILES string of the molecule is CC(C)C[C@H]1C(=O)N2C[C@]3(C[C@H]2C#N)C(=O)Cc2ccc(cc23)CCCCCN1C(=O)c1cn(-c2ccccc2)nn1. The van der Waals surface area contributed by atoms with Crippen LogP contribution in [0.3, 0.4) is 0 Å². The number of Topliss-reactive ketones (excluding diaryl/α,β-unsaturated/α-hetero) is 1. The van der Waals surface area contributed by atoms with Crippen molar-refractivity contribution in [2.45, 2.75) is 76.3 Å².